The molecule has 0 radical (unpaired) electrons. The lowest BCUT2D eigenvalue weighted by molar-refractivity contribution is 0.245. The second kappa shape index (κ2) is 6.75. The molecule has 1 aliphatic rings. The van der Waals surface area contributed by atoms with E-state index in [0.29, 0.717) is 0 Å². The molecule has 1 fully saturated rings. The molecule has 5 heteroatoms. The van der Waals surface area contributed by atoms with Gasteiger partial charge in [-0.1, -0.05) is 18.2 Å². The molecule has 5 nitrogen and oxygen atoms in total. The number of anilines is 1. The van der Waals surface area contributed by atoms with Crippen molar-refractivity contribution in [1.82, 2.24) is 14.9 Å². The Balaban J connectivity index is 1.60. The largest absolute Gasteiger partial charge is 0.496 e. The van der Waals surface area contributed by atoms with E-state index in [1.807, 2.05) is 25.3 Å². The molecule has 0 spiro atoms. The van der Waals surface area contributed by atoms with E-state index >= 15 is 0 Å². The maximum atomic E-state index is 5.44. The van der Waals surface area contributed by atoms with Gasteiger partial charge in [0.15, 0.2) is 0 Å². The van der Waals surface area contributed by atoms with Gasteiger partial charge < -0.3 is 9.64 Å². The molecule has 0 bridgehead atoms. The summed E-state index contributed by atoms with van der Waals surface area (Å²) in [5, 5.41) is 0. The summed E-state index contributed by atoms with van der Waals surface area (Å²) in [5.74, 6) is 1.95. The van der Waals surface area contributed by atoms with Crippen LogP contribution in [0.3, 0.4) is 0 Å². The highest BCUT2D eigenvalue weighted by molar-refractivity contribution is 5.37. The highest BCUT2D eigenvalue weighted by Gasteiger charge is 2.19. The smallest absolute Gasteiger partial charge is 0.147 e. The van der Waals surface area contributed by atoms with Gasteiger partial charge in [-0.15, -0.1) is 0 Å². The van der Waals surface area contributed by atoms with E-state index in [1.165, 1.54) is 5.56 Å². The Labute approximate surface area is 131 Å². The number of piperazine rings is 1. The molecule has 1 aliphatic heterocycles. The number of methoxy groups -OCH3 is 1. The second-order valence-corrected chi connectivity index (χ2v) is 5.59. The zero-order valence-corrected chi connectivity index (χ0v) is 13.2. The number of hydrogen-bond acceptors (Lipinski definition) is 5. The lowest BCUT2D eigenvalue weighted by Gasteiger charge is -2.35. The number of hydrogen-bond donors (Lipinski definition) is 0. The van der Waals surface area contributed by atoms with Crippen molar-refractivity contribution >= 4 is 5.82 Å². The van der Waals surface area contributed by atoms with Gasteiger partial charge in [0.2, 0.25) is 0 Å². The number of nitrogens with zero attached hydrogens (tertiary/aromatic N) is 4. The predicted octanol–water partition coefficient (Wildman–Crippen LogP) is 2.12. The first-order valence-electron chi connectivity index (χ1n) is 7.64. The Bertz CT molecular complexity index is 624. The van der Waals surface area contributed by atoms with Crippen molar-refractivity contribution < 1.29 is 4.74 Å². The summed E-state index contributed by atoms with van der Waals surface area (Å²) in [6.07, 6.45) is 3.64. The van der Waals surface area contributed by atoms with E-state index in [4.69, 9.17) is 4.74 Å². The summed E-state index contributed by atoms with van der Waals surface area (Å²) in [6.45, 7) is 6.91. The number of para-hydroxylation sites is 1. The minimum Gasteiger partial charge on any atom is -0.496 e. The van der Waals surface area contributed by atoms with E-state index in [-0.39, 0.29) is 0 Å². The SMILES string of the molecule is COc1ccccc1CN1CCN(c2cncc(C)n2)CC1. The van der Waals surface area contributed by atoms with Crippen LogP contribution in [-0.2, 0) is 6.54 Å². The maximum Gasteiger partial charge on any atom is 0.147 e. The first-order valence-corrected chi connectivity index (χ1v) is 7.64. The van der Waals surface area contributed by atoms with Crippen molar-refractivity contribution in [2.24, 2.45) is 0 Å². The quantitative estimate of drug-likeness (QED) is 0.865. The van der Waals surface area contributed by atoms with Crippen LogP contribution < -0.4 is 9.64 Å². The third-order valence-electron chi connectivity index (χ3n) is 4.03. The minimum atomic E-state index is 0.928. The van der Waals surface area contributed by atoms with Gasteiger partial charge in [-0.05, 0) is 13.0 Å². The average molecular weight is 298 g/mol. The average Bonchev–Trinajstić information content (AvgIpc) is 2.56. The number of benzene rings is 1. The predicted molar refractivity (Wildman–Crippen MR) is 87.3 cm³/mol. The van der Waals surface area contributed by atoms with E-state index in [9.17, 15) is 0 Å². The van der Waals surface area contributed by atoms with Gasteiger partial charge in [0.25, 0.3) is 0 Å². The van der Waals surface area contributed by atoms with Crippen molar-refractivity contribution in [3.05, 3.63) is 47.9 Å². The van der Waals surface area contributed by atoms with Crippen LogP contribution in [-0.4, -0.2) is 48.2 Å². The van der Waals surface area contributed by atoms with Crippen molar-refractivity contribution in [3.63, 3.8) is 0 Å². The topological polar surface area (TPSA) is 41.5 Å². The molecule has 0 unspecified atom stereocenters. The third-order valence-corrected chi connectivity index (χ3v) is 4.03. The summed E-state index contributed by atoms with van der Waals surface area (Å²) in [6, 6.07) is 8.23. The van der Waals surface area contributed by atoms with E-state index in [0.717, 1.165) is 50.0 Å². The molecule has 2 aromatic rings. The Morgan fingerprint density at radius 2 is 1.86 bits per heavy atom. The van der Waals surface area contributed by atoms with Crippen LogP contribution in [0.15, 0.2) is 36.7 Å². The molecule has 0 amide bonds. The van der Waals surface area contributed by atoms with Gasteiger partial charge in [-0.3, -0.25) is 9.88 Å². The summed E-state index contributed by atoms with van der Waals surface area (Å²) in [5.41, 5.74) is 2.21. The molecule has 3 rings (SSSR count). The van der Waals surface area contributed by atoms with Crippen molar-refractivity contribution in [2.75, 3.05) is 38.2 Å². The Morgan fingerprint density at radius 1 is 1.09 bits per heavy atom. The lowest BCUT2D eigenvalue weighted by atomic mass is 10.1. The van der Waals surface area contributed by atoms with Gasteiger partial charge >= 0.3 is 0 Å². The highest BCUT2D eigenvalue weighted by Crippen LogP contribution is 2.20. The van der Waals surface area contributed by atoms with Crippen LogP contribution in [0, 0.1) is 6.92 Å². The number of aryl methyl sites for hydroxylation is 1. The van der Waals surface area contributed by atoms with E-state index < -0.39 is 0 Å². The third kappa shape index (κ3) is 3.36. The summed E-state index contributed by atoms with van der Waals surface area (Å²) >= 11 is 0. The van der Waals surface area contributed by atoms with Gasteiger partial charge in [0.1, 0.15) is 11.6 Å². The van der Waals surface area contributed by atoms with Crippen LogP contribution in [0.4, 0.5) is 5.82 Å². The molecule has 0 N–H and O–H groups in total. The fraction of sp³-hybridized carbons (Fsp3) is 0.412. The zero-order valence-electron chi connectivity index (χ0n) is 13.2. The highest BCUT2D eigenvalue weighted by atomic mass is 16.5. The van der Waals surface area contributed by atoms with Crippen LogP contribution >= 0.6 is 0 Å². The molecule has 2 heterocycles. The molecule has 116 valence electrons. The Kier molecular flexibility index (Phi) is 4.53. The van der Waals surface area contributed by atoms with Gasteiger partial charge in [0.05, 0.1) is 19.0 Å². The molecular formula is C17H22N4O. The summed E-state index contributed by atoms with van der Waals surface area (Å²) in [7, 11) is 1.73. The van der Waals surface area contributed by atoms with E-state index in [2.05, 4.69) is 31.9 Å². The Hall–Kier alpha value is -2.14. The number of rotatable bonds is 4. The normalized spacial score (nSPS) is 15.8. The van der Waals surface area contributed by atoms with Crippen molar-refractivity contribution in [1.29, 1.82) is 0 Å². The van der Waals surface area contributed by atoms with Gasteiger partial charge in [-0.2, -0.15) is 0 Å². The molecule has 0 saturated carbocycles. The first-order chi connectivity index (χ1) is 10.8. The maximum absolute atomic E-state index is 5.44. The van der Waals surface area contributed by atoms with Gasteiger partial charge in [0, 0.05) is 44.5 Å². The molecule has 0 atom stereocenters. The van der Waals surface area contributed by atoms with Crippen molar-refractivity contribution in [2.45, 2.75) is 13.5 Å². The standard InChI is InChI=1S/C17H22N4O/c1-14-11-18-12-17(19-14)21-9-7-20(8-10-21)13-15-5-3-4-6-16(15)22-2/h3-6,11-12H,7-10,13H2,1-2H3. The lowest BCUT2D eigenvalue weighted by Crippen LogP contribution is -2.46. The van der Waals surface area contributed by atoms with Crippen LogP contribution in [0.25, 0.3) is 0 Å². The fourth-order valence-corrected chi connectivity index (χ4v) is 2.81. The first kappa shape index (κ1) is 14.8. The van der Waals surface area contributed by atoms with Crippen LogP contribution in [0.5, 0.6) is 5.75 Å². The molecule has 0 aliphatic carbocycles. The van der Waals surface area contributed by atoms with Crippen LogP contribution in [0.1, 0.15) is 11.3 Å². The second-order valence-electron chi connectivity index (χ2n) is 5.59. The monoisotopic (exact) mass is 298 g/mol. The number of ether oxygens (including phenoxy) is 1. The summed E-state index contributed by atoms with van der Waals surface area (Å²) in [4.78, 5) is 13.6. The Morgan fingerprint density at radius 3 is 2.59 bits per heavy atom. The van der Waals surface area contributed by atoms with Gasteiger partial charge in [-0.25, -0.2) is 4.98 Å². The molecule has 1 aromatic carbocycles. The number of aromatic nitrogens is 2. The molecular weight excluding hydrogens is 276 g/mol. The molecule has 1 aromatic heterocycles. The van der Waals surface area contributed by atoms with E-state index in [1.54, 1.807) is 13.3 Å². The molecule has 22 heavy (non-hydrogen) atoms. The molecule has 1 saturated heterocycles. The van der Waals surface area contributed by atoms with Crippen LogP contribution in [0.2, 0.25) is 0 Å². The zero-order chi connectivity index (χ0) is 15.4. The summed E-state index contributed by atoms with van der Waals surface area (Å²) < 4.78 is 5.44. The van der Waals surface area contributed by atoms with Crippen molar-refractivity contribution in [3.8, 4) is 5.75 Å². The minimum absolute atomic E-state index is 0.928. The fourth-order valence-electron chi connectivity index (χ4n) is 2.81.